The average Bonchev–Trinajstić information content (AvgIpc) is 2.90. The first-order valence-electron chi connectivity index (χ1n) is 5.85. The number of benzene rings is 1. The number of hydrogen-bond donors (Lipinski definition) is 0. The number of ether oxygens (including phenoxy) is 1. The van der Waals surface area contributed by atoms with Crippen LogP contribution in [0.15, 0.2) is 41.1 Å². The summed E-state index contributed by atoms with van der Waals surface area (Å²) < 4.78 is 10.5. The van der Waals surface area contributed by atoms with Gasteiger partial charge in [0.1, 0.15) is 12.0 Å². The van der Waals surface area contributed by atoms with Crippen molar-refractivity contribution >= 4 is 0 Å². The van der Waals surface area contributed by atoms with Gasteiger partial charge in [-0.1, -0.05) is 19.1 Å². The molecule has 1 aromatic heterocycles. The molecule has 3 heteroatoms. The van der Waals surface area contributed by atoms with Crippen LogP contribution in [0.5, 0.6) is 5.75 Å². The number of aromatic nitrogens is 1. The first-order chi connectivity index (χ1) is 8.33. The van der Waals surface area contributed by atoms with Crippen molar-refractivity contribution in [2.45, 2.75) is 25.7 Å². The van der Waals surface area contributed by atoms with Crippen LogP contribution in [0.3, 0.4) is 0 Å². The molecule has 0 aliphatic carbocycles. The van der Waals surface area contributed by atoms with E-state index < -0.39 is 0 Å². The highest BCUT2D eigenvalue weighted by molar-refractivity contribution is 5.28. The molecule has 0 spiro atoms. The Morgan fingerprint density at radius 1 is 1.29 bits per heavy atom. The minimum absolute atomic E-state index is 0.346. The van der Waals surface area contributed by atoms with Crippen molar-refractivity contribution < 1.29 is 9.15 Å². The highest BCUT2D eigenvalue weighted by Gasteiger charge is 2.14. The van der Waals surface area contributed by atoms with E-state index in [9.17, 15) is 0 Å². The molecule has 1 unspecified atom stereocenters. The van der Waals surface area contributed by atoms with Crippen molar-refractivity contribution in [1.29, 1.82) is 0 Å². The van der Waals surface area contributed by atoms with Gasteiger partial charge in [0.15, 0.2) is 5.89 Å². The Balaban J connectivity index is 2.07. The summed E-state index contributed by atoms with van der Waals surface area (Å²) in [5.41, 5.74) is 1.27. The summed E-state index contributed by atoms with van der Waals surface area (Å²) in [7, 11) is 1.68. The quantitative estimate of drug-likeness (QED) is 0.790. The van der Waals surface area contributed by atoms with Gasteiger partial charge in [0, 0.05) is 5.92 Å². The molecule has 17 heavy (non-hydrogen) atoms. The maximum absolute atomic E-state index is 5.37. The fraction of sp³-hybridized carbons (Fsp3) is 0.357. The van der Waals surface area contributed by atoms with E-state index in [0.29, 0.717) is 5.92 Å². The summed E-state index contributed by atoms with van der Waals surface area (Å²) in [6, 6.07) is 8.14. The number of methoxy groups -OCH3 is 1. The van der Waals surface area contributed by atoms with Crippen LogP contribution in [-0.2, 0) is 6.42 Å². The van der Waals surface area contributed by atoms with Gasteiger partial charge in [0.25, 0.3) is 0 Å². The van der Waals surface area contributed by atoms with E-state index in [0.717, 1.165) is 24.5 Å². The zero-order valence-electron chi connectivity index (χ0n) is 10.2. The van der Waals surface area contributed by atoms with Crippen molar-refractivity contribution in [2.75, 3.05) is 7.11 Å². The zero-order valence-corrected chi connectivity index (χ0v) is 10.2. The third-order valence-corrected chi connectivity index (χ3v) is 2.93. The van der Waals surface area contributed by atoms with Gasteiger partial charge in [-0.3, -0.25) is 0 Å². The SMILES string of the molecule is CCC(Cc1ccc(OC)cc1)c1ncco1. The summed E-state index contributed by atoms with van der Waals surface area (Å²) in [6.07, 6.45) is 5.30. The Morgan fingerprint density at radius 2 is 2.06 bits per heavy atom. The second-order valence-electron chi connectivity index (χ2n) is 4.03. The van der Waals surface area contributed by atoms with Crippen LogP contribution >= 0.6 is 0 Å². The minimum atomic E-state index is 0.346. The van der Waals surface area contributed by atoms with Crippen LogP contribution in [0, 0.1) is 0 Å². The van der Waals surface area contributed by atoms with Crippen LogP contribution in [0.2, 0.25) is 0 Å². The van der Waals surface area contributed by atoms with Gasteiger partial charge in [-0.05, 0) is 30.5 Å². The Morgan fingerprint density at radius 3 is 2.59 bits per heavy atom. The minimum Gasteiger partial charge on any atom is -0.497 e. The Bertz CT molecular complexity index is 434. The van der Waals surface area contributed by atoms with Crippen molar-refractivity contribution in [3.05, 3.63) is 48.2 Å². The molecule has 1 atom stereocenters. The van der Waals surface area contributed by atoms with Gasteiger partial charge in [-0.15, -0.1) is 0 Å². The first kappa shape index (κ1) is 11.7. The maximum Gasteiger partial charge on any atom is 0.197 e. The molecule has 90 valence electrons. The zero-order chi connectivity index (χ0) is 12.1. The molecule has 0 radical (unpaired) electrons. The van der Waals surface area contributed by atoms with Crippen molar-refractivity contribution in [1.82, 2.24) is 4.98 Å². The molecule has 0 N–H and O–H groups in total. The fourth-order valence-corrected chi connectivity index (χ4v) is 1.89. The molecule has 0 aliphatic rings. The predicted molar refractivity (Wildman–Crippen MR) is 66.2 cm³/mol. The molecular weight excluding hydrogens is 214 g/mol. The number of rotatable bonds is 5. The summed E-state index contributed by atoms with van der Waals surface area (Å²) in [4.78, 5) is 4.23. The van der Waals surface area contributed by atoms with Gasteiger partial charge < -0.3 is 9.15 Å². The smallest absolute Gasteiger partial charge is 0.197 e. The van der Waals surface area contributed by atoms with Crippen LogP contribution < -0.4 is 4.74 Å². The molecule has 0 aliphatic heterocycles. The number of oxazole rings is 1. The second-order valence-corrected chi connectivity index (χ2v) is 4.03. The van der Waals surface area contributed by atoms with Gasteiger partial charge in [-0.2, -0.15) is 0 Å². The van der Waals surface area contributed by atoms with Gasteiger partial charge >= 0.3 is 0 Å². The molecule has 0 saturated carbocycles. The Hall–Kier alpha value is -1.77. The lowest BCUT2D eigenvalue weighted by molar-refractivity contribution is 0.414. The molecule has 0 saturated heterocycles. The lowest BCUT2D eigenvalue weighted by Gasteiger charge is -2.11. The molecule has 3 nitrogen and oxygen atoms in total. The van der Waals surface area contributed by atoms with E-state index in [1.54, 1.807) is 19.6 Å². The van der Waals surface area contributed by atoms with E-state index in [1.807, 2.05) is 12.1 Å². The van der Waals surface area contributed by atoms with E-state index in [1.165, 1.54) is 5.56 Å². The van der Waals surface area contributed by atoms with Crippen LogP contribution in [0.4, 0.5) is 0 Å². The summed E-state index contributed by atoms with van der Waals surface area (Å²) >= 11 is 0. The highest BCUT2D eigenvalue weighted by Crippen LogP contribution is 2.23. The lowest BCUT2D eigenvalue weighted by Crippen LogP contribution is -2.02. The maximum atomic E-state index is 5.37. The summed E-state index contributed by atoms with van der Waals surface area (Å²) in [5, 5.41) is 0. The molecule has 0 amide bonds. The van der Waals surface area contributed by atoms with Crippen LogP contribution in [0.1, 0.15) is 30.7 Å². The van der Waals surface area contributed by atoms with Gasteiger partial charge in [0.05, 0.1) is 13.3 Å². The molecular formula is C14H17NO2. The van der Waals surface area contributed by atoms with Crippen molar-refractivity contribution in [3.63, 3.8) is 0 Å². The normalized spacial score (nSPS) is 12.4. The van der Waals surface area contributed by atoms with E-state index in [-0.39, 0.29) is 0 Å². The third kappa shape index (κ3) is 2.87. The number of hydrogen-bond acceptors (Lipinski definition) is 3. The van der Waals surface area contributed by atoms with Crippen molar-refractivity contribution in [2.24, 2.45) is 0 Å². The lowest BCUT2D eigenvalue weighted by atomic mass is 9.97. The Kier molecular flexibility index (Phi) is 3.81. The van der Waals surface area contributed by atoms with E-state index in [4.69, 9.17) is 9.15 Å². The fourth-order valence-electron chi connectivity index (χ4n) is 1.89. The topological polar surface area (TPSA) is 35.3 Å². The average molecular weight is 231 g/mol. The monoisotopic (exact) mass is 231 g/mol. The van der Waals surface area contributed by atoms with Crippen LogP contribution in [0.25, 0.3) is 0 Å². The first-order valence-corrected chi connectivity index (χ1v) is 5.85. The van der Waals surface area contributed by atoms with Gasteiger partial charge in [0.2, 0.25) is 0 Å². The predicted octanol–water partition coefficient (Wildman–Crippen LogP) is 3.42. The largest absolute Gasteiger partial charge is 0.497 e. The van der Waals surface area contributed by atoms with Crippen molar-refractivity contribution in [3.8, 4) is 5.75 Å². The van der Waals surface area contributed by atoms with E-state index in [2.05, 4.69) is 24.0 Å². The summed E-state index contributed by atoms with van der Waals surface area (Å²) in [6.45, 7) is 2.15. The highest BCUT2D eigenvalue weighted by atomic mass is 16.5. The van der Waals surface area contributed by atoms with Gasteiger partial charge in [-0.25, -0.2) is 4.98 Å². The second kappa shape index (κ2) is 5.53. The molecule has 2 aromatic rings. The Labute approximate surface area is 101 Å². The molecule has 0 bridgehead atoms. The number of nitrogens with zero attached hydrogens (tertiary/aromatic N) is 1. The molecule has 0 fully saturated rings. The molecule has 1 aromatic carbocycles. The third-order valence-electron chi connectivity index (χ3n) is 2.93. The standard InChI is InChI=1S/C14H17NO2/c1-3-12(14-15-8-9-17-14)10-11-4-6-13(16-2)7-5-11/h4-9,12H,3,10H2,1-2H3. The van der Waals surface area contributed by atoms with Crippen LogP contribution in [-0.4, -0.2) is 12.1 Å². The van der Waals surface area contributed by atoms with E-state index >= 15 is 0 Å². The molecule has 1 heterocycles. The summed E-state index contributed by atoms with van der Waals surface area (Å²) in [5.74, 6) is 2.06. The molecule has 2 rings (SSSR count).